The van der Waals surface area contributed by atoms with Crippen LogP contribution in [0.25, 0.3) is 0 Å². The maximum Gasteiger partial charge on any atom is 0.412 e. The Morgan fingerprint density at radius 1 is 1.11 bits per heavy atom. The highest BCUT2D eigenvalue weighted by molar-refractivity contribution is 6.30. The van der Waals surface area contributed by atoms with Crippen LogP contribution in [0.2, 0.25) is 5.02 Å². The summed E-state index contributed by atoms with van der Waals surface area (Å²) in [6.45, 7) is 5.72. The number of hydrogen-bond acceptors (Lipinski definition) is 4. The van der Waals surface area contributed by atoms with Gasteiger partial charge in [0.15, 0.2) is 0 Å². The summed E-state index contributed by atoms with van der Waals surface area (Å²) in [5.74, 6) is 0.506. The van der Waals surface area contributed by atoms with Crippen LogP contribution in [-0.2, 0) is 11.3 Å². The van der Waals surface area contributed by atoms with Gasteiger partial charge in [0.1, 0.15) is 11.4 Å². The molecular weight excluding hydrogens is 380 g/mol. The number of nitrogens with one attached hydrogen (secondary N) is 1. The monoisotopic (exact) mass is 404 g/mol. The normalized spacial score (nSPS) is 10.9. The van der Waals surface area contributed by atoms with E-state index in [2.05, 4.69) is 5.32 Å². The lowest BCUT2D eigenvalue weighted by Crippen LogP contribution is -2.27. The van der Waals surface area contributed by atoms with E-state index in [0.717, 1.165) is 5.56 Å². The number of halogens is 1. The minimum Gasteiger partial charge on any atom is -0.496 e. The van der Waals surface area contributed by atoms with Crippen molar-refractivity contribution in [3.05, 3.63) is 58.6 Å². The summed E-state index contributed by atoms with van der Waals surface area (Å²) < 4.78 is 10.5. The molecule has 2 aromatic carbocycles. The molecule has 0 atom stereocenters. The van der Waals surface area contributed by atoms with Gasteiger partial charge in [0.2, 0.25) is 0 Å². The summed E-state index contributed by atoms with van der Waals surface area (Å²) >= 11 is 6.05. The summed E-state index contributed by atoms with van der Waals surface area (Å²) in [5.41, 5.74) is 1.28. The number of ether oxygens (including phenoxy) is 2. The summed E-state index contributed by atoms with van der Waals surface area (Å²) in [5, 5.41) is 3.22. The molecule has 2 rings (SSSR count). The molecule has 0 aromatic heterocycles. The van der Waals surface area contributed by atoms with Crippen LogP contribution in [0.5, 0.6) is 5.75 Å². The second-order valence-electron chi connectivity index (χ2n) is 7.32. The van der Waals surface area contributed by atoms with E-state index >= 15 is 0 Å². The van der Waals surface area contributed by atoms with Crippen molar-refractivity contribution >= 4 is 29.3 Å². The van der Waals surface area contributed by atoms with Crippen molar-refractivity contribution in [1.29, 1.82) is 0 Å². The number of anilines is 1. The molecule has 2 amide bonds. The Hall–Kier alpha value is -2.73. The van der Waals surface area contributed by atoms with Crippen LogP contribution in [0.1, 0.15) is 36.7 Å². The van der Waals surface area contributed by atoms with Gasteiger partial charge in [0.25, 0.3) is 5.91 Å². The minimum absolute atomic E-state index is 0.161. The van der Waals surface area contributed by atoms with Crippen LogP contribution in [0, 0.1) is 0 Å². The number of carbonyl (C=O) groups is 2. The molecule has 0 saturated carbocycles. The summed E-state index contributed by atoms with van der Waals surface area (Å²) in [7, 11) is 3.28. The van der Waals surface area contributed by atoms with E-state index in [1.165, 1.54) is 0 Å². The molecule has 0 aliphatic rings. The maximum atomic E-state index is 12.7. The first-order chi connectivity index (χ1) is 13.1. The van der Waals surface area contributed by atoms with Crippen molar-refractivity contribution in [1.82, 2.24) is 4.90 Å². The van der Waals surface area contributed by atoms with Crippen molar-refractivity contribution in [2.45, 2.75) is 32.9 Å². The topological polar surface area (TPSA) is 67.9 Å². The third-order valence-corrected chi connectivity index (χ3v) is 4.01. The van der Waals surface area contributed by atoms with Gasteiger partial charge in [-0.15, -0.1) is 0 Å². The molecule has 0 heterocycles. The number of methoxy groups -OCH3 is 1. The second-order valence-corrected chi connectivity index (χ2v) is 7.76. The van der Waals surface area contributed by atoms with Crippen molar-refractivity contribution in [2.24, 2.45) is 0 Å². The largest absolute Gasteiger partial charge is 0.496 e. The molecule has 6 nitrogen and oxygen atoms in total. The SMILES string of the molecule is COc1ccc(Cl)cc1CN(C)C(=O)c1ccc(NC(=O)OC(C)(C)C)cc1. The molecular formula is C21H25ClN2O4. The van der Waals surface area contributed by atoms with E-state index in [9.17, 15) is 9.59 Å². The van der Waals surface area contributed by atoms with E-state index in [1.54, 1.807) is 82.3 Å². The fraction of sp³-hybridized carbons (Fsp3) is 0.333. The predicted molar refractivity (Wildman–Crippen MR) is 110 cm³/mol. The molecule has 0 aliphatic heterocycles. The third kappa shape index (κ3) is 6.16. The number of amides is 2. The predicted octanol–water partition coefficient (Wildman–Crippen LogP) is 4.97. The average molecular weight is 405 g/mol. The van der Waals surface area contributed by atoms with Gasteiger partial charge < -0.3 is 14.4 Å². The molecule has 0 radical (unpaired) electrons. The van der Waals surface area contributed by atoms with Gasteiger partial charge >= 0.3 is 6.09 Å². The number of rotatable bonds is 5. The highest BCUT2D eigenvalue weighted by Crippen LogP contribution is 2.24. The van der Waals surface area contributed by atoms with Crippen molar-refractivity contribution < 1.29 is 19.1 Å². The first-order valence-corrected chi connectivity index (χ1v) is 9.15. The fourth-order valence-electron chi connectivity index (χ4n) is 2.54. The van der Waals surface area contributed by atoms with Gasteiger partial charge in [0, 0.05) is 35.4 Å². The van der Waals surface area contributed by atoms with E-state index < -0.39 is 11.7 Å². The summed E-state index contributed by atoms with van der Waals surface area (Å²) in [6.07, 6.45) is -0.545. The fourth-order valence-corrected chi connectivity index (χ4v) is 2.73. The van der Waals surface area contributed by atoms with E-state index in [4.69, 9.17) is 21.1 Å². The molecule has 0 spiro atoms. The zero-order valence-corrected chi connectivity index (χ0v) is 17.5. The Morgan fingerprint density at radius 3 is 2.32 bits per heavy atom. The van der Waals surface area contributed by atoms with Crippen molar-refractivity contribution in [2.75, 3.05) is 19.5 Å². The Kier molecular flexibility index (Phi) is 6.91. The Labute approximate surface area is 170 Å². The van der Waals surface area contributed by atoms with Gasteiger partial charge in [-0.2, -0.15) is 0 Å². The number of hydrogen-bond donors (Lipinski definition) is 1. The highest BCUT2D eigenvalue weighted by Gasteiger charge is 2.17. The molecule has 0 aliphatic carbocycles. The molecule has 0 saturated heterocycles. The van der Waals surface area contributed by atoms with Crippen LogP contribution < -0.4 is 10.1 Å². The van der Waals surface area contributed by atoms with Crippen LogP contribution in [0.3, 0.4) is 0 Å². The van der Waals surface area contributed by atoms with Gasteiger partial charge in [-0.3, -0.25) is 10.1 Å². The smallest absolute Gasteiger partial charge is 0.412 e. The molecule has 7 heteroatoms. The Bertz CT molecular complexity index is 844. The van der Waals surface area contributed by atoms with Crippen LogP contribution in [-0.4, -0.2) is 36.7 Å². The van der Waals surface area contributed by atoms with Gasteiger partial charge in [-0.1, -0.05) is 11.6 Å². The van der Waals surface area contributed by atoms with Crippen molar-refractivity contribution in [3.8, 4) is 5.75 Å². The first kappa shape index (κ1) is 21.6. The number of carbonyl (C=O) groups excluding carboxylic acids is 2. The first-order valence-electron chi connectivity index (χ1n) is 8.77. The Balaban J connectivity index is 2.04. The van der Waals surface area contributed by atoms with E-state index in [0.29, 0.717) is 28.6 Å². The van der Waals surface area contributed by atoms with E-state index in [-0.39, 0.29) is 5.91 Å². The standard InChI is InChI=1S/C21H25ClN2O4/c1-21(2,3)28-20(26)23-17-9-6-14(7-10-17)19(25)24(4)13-15-12-16(22)8-11-18(15)27-5/h6-12H,13H2,1-5H3,(H,23,26). The molecule has 0 fully saturated rings. The number of nitrogens with zero attached hydrogens (tertiary/aromatic N) is 1. The van der Waals surface area contributed by atoms with E-state index in [1.807, 2.05) is 0 Å². The zero-order valence-electron chi connectivity index (χ0n) is 16.7. The van der Waals surface area contributed by atoms with Crippen LogP contribution in [0.4, 0.5) is 10.5 Å². The van der Waals surface area contributed by atoms with Gasteiger partial charge in [0.05, 0.1) is 7.11 Å². The lowest BCUT2D eigenvalue weighted by Gasteiger charge is -2.20. The maximum absolute atomic E-state index is 12.7. The average Bonchev–Trinajstić information content (AvgIpc) is 2.60. The third-order valence-electron chi connectivity index (χ3n) is 3.77. The highest BCUT2D eigenvalue weighted by atomic mass is 35.5. The van der Waals surface area contributed by atoms with Gasteiger partial charge in [-0.05, 0) is 63.2 Å². The minimum atomic E-state index is -0.579. The molecule has 1 N–H and O–H groups in total. The molecule has 0 unspecified atom stereocenters. The molecule has 150 valence electrons. The van der Waals surface area contributed by atoms with Gasteiger partial charge in [-0.25, -0.2) is 4.79 Å². The molecule has 28 heavy (non-hydrogen) atoms. The lowest BCUT2D eigenvalue weighted by molar-refractivity contribution is 0.0635. The van der Waals surface area contributed by atoms with Crippen LogP contribution in [0.15, 0.2) is 42.5 Å². The van der Waals surface area contributed by atoms with Crippen LogP contribution >= 0.6 is 11.6 Å². The lowest BCUT2D eigenvalue weighted by atomic mass is 10.1. The summed E-state index contributed by atoms with van der Waals surface area (Å²) in [4.78, 5) is 26.1. The number of benzene rings is 2. The Morgan fingerprint density at radius 2 is 1.75 bits per heavy atom. The second kappa shape index (κ2) is 8.97. The summed E-state index contributed by atoms with van der Waals surface area (Å²) in [6, 6.07) is 11.9. The quantitative estimate of drug-likeness (QED) is 0.764. The van der Waals surface area contributed by atoms with Crippen molar-refractivity contribution in [3.63, 3.8) is 0 Å². The molecule has 0 bridgehead atoms. The zero-order chi connectivity index (χ0) is 20.9. The molecule has 2 aromatic rings.